The smallest absolute Gasteiger partial charge is 0.427 e. The number of hydrazone groups is 1. The fraction of sp³-hybridized carbons (Fsp3) is 0.750. The molecule has 4 heteroatoms. The molecule has 0 saturated carbocycles. The van der Waals surface area contributed by atoms with Gasteiger partial charge in [-0.05, 0) is 19.3 Å². The number of nitrogens with one attached hydrogen (secondary N) is 1. The standard InChI is InChI=1S/C8H16N2O2/c1-6(2)5-7(3)9-10-8(11)12-4/h6H,5H2,1-4H3,(H,10,11)/b9-7+. The molecule has 0 saturated heterocycles. The summed E-state index contributed by atoms with van der Waals surface area (Å²) < 4.78 is 4.35. The summed E-state index contributed by atoms with van der Waals surface area (Å²) in [6.45, 7) is 6.06. The zero-order valence-electron chi connectivity index (χ0n) is 8.05. The fourth-order valence-corrected chi connectivity index (χ4v) is 0.823. The number of nitrogens with zero attached hydrogens (tertiary/aromatic N) is 1. The normalized spacial score (nSPS) is 11.6. The largest absolute Gasteiger partial charge is 0.452 e. The molecule has 0 aliphatic rings. The van der Waals surface area contributed by atoms with Crippen LogP contribution in [0.5, 0.6) is 0 Å². The van der Waals surface area contributed by atoms with E-state index in [9.17, 15) is 4.79 Å². The van der Waals surface area contributed by atoms with Crippen LogP contribution < -0.4 is 5.43 Å². The van der Waals surface area contributed by atoms with Crippen molar-refractivity contribution in [3.8, 4) is 0 Å². The van der Waals surface area contributed by atoms with E-state index >= 15 is 0 Å². The molecule has 0 fully saturated rings. The van der Waals surface area contributed by atoms with Crippen molar-refractivity contribution in [1.29, 1.82) is 0 Å². The van der Waals surface area contributed by atoms with Crippen molar-refractivity contribution in [1.82, 2.24) is 5.43 Å². The predicted octanol–water partition coefficient (Wildman–Crippen LogP) is 1.76. The number of carbonyl (C=O) groups excluding carboxylic acids is 1. The van der Waals surface area contributed by atoms with E-state index in [1.807, 2.05) is 6.92 Å². The Morgan fingerprint density at radius 2 is 2.17 bits per heavy atom. The monoisotopic (exact) mass is 172 g/mol. The second kappa shape index (κ2) is 5.57. The molecule has 0 rings (SSSR count). The Labute approximate surface area is 73.0 Å². The van der Waals surface area contributed by atoms with Crippen LogP contribution in [0.4, 0.5) is 4.79 Å². The third-order valence-electron chi connectivity index (χ3n) is 1.23. The number of ether oxygens (including phenoxy) is 1. The van der Waals surface area contributed by atoms with Crippen LogP contribution in [-0.2, 0) is 4.74 Å². The van der Waals surface area contributed by atoms with Crippen LogP contribution in [0.25, 0.3) is 0 Å². The van der Waals surface area contributed by atoms with Crippen molar-refractivity contribution in [2.45, 2.75) is 27.2 Å². The van der Waals surface area contributed by atoms with Crippen molar-refractivity contribution in [2.24, 2.45) is 11.0 Å². The lowest BCUT2D eigenvalue weighted by Crippen LogP contribution is -2.18. The number of hydrogen-bond donors (Lipinski definition) is 1. The maximum absolute atomic E-state index is 10.6. The zero-order valence-corrected chi connectivity index (χ0v) is 8.05. The molecule has 1 N–H and O–H groups in total. The number of methoxy groups -OCH3 is 1. The van der Waals surface area contributed by atoms with Gasteiger partial charge < -0.3 is 4.74 Å². The van der Waals surface area contributed by atoms with Crippen molar-refractivity contribution >= 4 is 11.8 Å². The van der Waals surface area contributed by atoms with Gasteiger partial charge in [0.15, 0.2) is 0 Å². The molecule has 0 aromatic rings. The van der Waals surface area contributed by atoms with E-state index in [1.165, 1.54) is 7.11 Å². The van der Waals surface area contributed by atoms with Gasteiger partial charge in [-0.3, -0.25) is 0 Å². The van der Waals surface area contributed by atoms with Gasteiger partial charge in [-0.2, -0.15) is 5.10 Å². The van der Waals surface area contributed by atoms with Crippen molar-refractivity contribution in [3.05, 3.63) is 0 Å². The molecule has 4 nitrogen and oxygen atoms in total. The lowest BCUT2D eigenvalue weighted by atomic mass is 10.1. The molecule has 0 aromatic carbocycles. The number of carbonyl (C=O) groups is 1. The molecule has 0 heterocycles. The van der Waals surface area contributed by atoms with Crippen LogP contribution >= 0.6 is 0 Å². The number of amides is 1. The molecule has 0 unspecified atom stereocenters. The molecule has 0 aliphatic carbocycles. The summed E-state index contributed by atoms with van der Waals surface area (Å²) in [6, 6.07) is 0. The van der Waals surface area contributed by atoms with E-state index in [1.54, 1.807) is 0 Å². The molecular weight excluding hydrogens is 156 g/mol. The van der Waals surface area contributed by atoms with Gasteiger partial charge in [0.2, 0.25) is 0 Å². The summed E-state index contributed by atoms with van der Waals surface area (Å²) in [4.78, 5) is 10.6. The third kappa shape index (κ3) is 5.70. The minimum Gasteiger partial charge on any atom is -0.452 e. The van der Waals surface area contributed by atoms with Crippen molar-refractivity contribution in [3.63, 3.8) is 0 Å². The Hall–Kier alpha value is -1.06. The fourth-order valence-electron chi connectivity index (χ4n) is 0.823. The highest BCUT2D eigenvalue weighted by Gasteiger charge is 1.98. The first-order valence-electron chi connectivity index (χ1n) is 3.93. The highest BCUT2D eigenvalue weighted by Crippen LogP contribution is 2.00. The van der Waals surface area contributed by atoms with Gasteiger partial charge in [0.25, 0.3) is 0 Å². The van der Waals surface area contributed by atoms with E-state index in [4.69, 9.17) is 0 Å². The van der Waals surface area contributed by atoms with E-state index in [0.29, 0.717) is 5.92 Å². The van der Waals surface area contributed by atoms with Crippen LogP contribution in [0.2, 0.25) is 0 Å². The molecule has 0 atom stereocenters. The Bertz CT molecular complexity index is 176. The molecule has 0 aliphatic heterocycles. The van der Waals surface area contributed by atoms with Gasteiger partial charge in [0.05, 0.1) is 7.11 Å². The van der Waals surface area contributed by atoms with Crippen molar-refractivity contribution < 1.29 is 9.53 Å². The molecule has 70 valence electrons. The minimum absolute atomic E-state index is 0.530. The zero-order chi connectivity index (χ0) is 9.56. The van der Waals surface area contributed by atoms with Crippen LogP contribution in [0.3, 0.4) is 0 Å². The highest BCUT2D eigenvalue weighted by atomic mass is 16.5. The average Bonchev–Trinajstić information content (AvgIpc) is 1.99. The van der Waals surface area contributed by atoms with Gasteiger partial charge in [-0.25, -0.2) is 10.2 Å². The van der Waals surface area contributed by atoms with Gasteiger partial charge >= 0.3 is 6.09 Å². The topological polar surface area (TPSA) is 50.7 Å². The Balaban J connectivity index is 3.76. The highest BCUT2D eigenvalue weighted by molar-refractivity contribution is 5.83. The summed E-state index contributed by atoms with van der Waals surface area (Å²) in [7, 11) is 1.31. The minimum atomic E-state index is -0.530. The molecule has 0 aromatic heterocycles. The van der Waals surface area contributed by atoms with Gasteiger partial charge in [-0.1, -0.05) is 13.8 Å². The second-order valence-corrected chi connectivity index (χ2v) is 3.05. The predicted molar refractivity (Wildman–Crippen MR) is 48.1 cm³/mol. The Morgan fingerprint density at radius 3 is 2.58 bits per heavy atom. The summed E-state index contributed by atoms with van der Waals surface area (Å²) in [5.74, 6) is 0.549. The molecule has 0 bridgehead atoms. The van der Waals surface area contributed by atoms with E-state index in [-0.39, 0.29) is 0 Å². The molecule has 12 heavy (non-hydrogen) atoms. The summed E-state index contributed by atoms with van der Waals surface area (Å²) in [5.41, 5.74) is 3.16. The first-order valence-corrected chi connectivity index (χ1v) is 3.93. The first-order chi connectivity index (χ1) is 5.56. The molecular formula is C8H16N2O2. The summed E-state index contributed by atoms with van der Waals surface area (Å²) in [5, 5.41) is 3.83. The third-order valence-corrected chi connectivity index (χ3v) is 1.23. The second-order valence-electron chi connectivity index (χ2n) is 3.05. The van der Waals surface area contributed by atoms with E-state index in [0.717, 1.165) is 12.1 Å². The number of rotatable bonds is 3. The quantitative estimate of drug-likeness (QED) is 0.521. The summed E-state index contributed by atoms with van der Waals surface area (Å²) >= 11 is 0. The Kier molecular flexibility index (Phi) is 5.08. The molecule has 1 amide bonds. The maximum Gasteiger partial charge on any atom is 0.427 e. The first kappa shape index (κ1) is 10.9. The molecule has 0 radical (unpaired) electrons. The molecule has 0 spiro atoms. The maximum atomic E-state index is 10.6. The van der Waals surface area contributed by atoms with Crippen LogP contribution in [0, 0.1) is 5.92 Å². The summed E-state index contributed by atoms with van der Waals surface area (Å²) in [6.07, 6.45) is 0.349. The Morgan fingerprint density at radius 1 is 1.58 bits per heavy atom. The lowest BCUT2D eigenvalue weighted by molar-refractivity contribution is 0.171. The lowest BCUT2D eigenvalue weighted by Gasteiger charge is -2.03. The van der Waals surface area contributed by atoms with E-state index in [2.05, 4.69) is 29.1 Å². The van der Waals surface area contributed by atoms with Gasteiger partial charge in [-0.15, -0.1) is 0 Å². The number of hydrogen-bond acceptors (Lipinski definition) is 3. The van der Waals surface area contributed by atoms with Gasteiger partial charge in [0.1, 0.15) is 0 Å². The van der Waals surface area contributed by atoms with E-state index < -0.39 is 6.09 Å². The van der Waals surface area contributed by atoms with Crippen molar-refractivity contribution in [2.75, 3.05) is 7.11 Å². The van der Waals surface area contributed by atoms with Crippen LogP contribution in [0.15, 0.2) is 5.10 Å². The van der Waals surface area contributed by atoms with Gasteiger partial charge in [0, 0.05) is 5.71 Å². The average molecular weight is 172 g/mol. The van der Waals surface area contributed by atoms with Crippen LogP contribution in [0.1, 0.15) is 27.2 Å². The SMILES string of the molecule is COC(=O)N/N=C(\C)CC(C)C. The van der Waals surface area contributed by atoms with Crippen LogP contribution in [-0.4, -0.2) is 18.9 Å².